The Morgan fingerprint density at radius 3 is 2.73 bits per heavy atom. The maximum atomic E-state index is 13.0. The highest BCUT2D eigenvalue weighted by molar-refractivity contribution is 5.84. The quantitative estimate of drug-likeness (QED) is 0.418. The molecule has 2 atom stereocenters. The van der Waals surface area contributed by atoms with Gasteiger partial charge >= 0.3 is 12.1 Å². The van der Waals surface area contributed by atoms with Crippen LogP contribution in [-0.4, -0.2) is 53.0 Å². The van der Waals surface area contributed by atoms with Gasteiger partial charge in [-0.2, -0.15) is 4.73 Å². The second-order valence-electron chi connectivity index (χ2n) is 9.83. The Balaban J connectivity index is 1.73. The van der Waals surface area contributed by atoms with Crippen LogP contribution in [0.3, 0.4) is 0 Å². The Morgan fingerprint density at radius 2 is 2.09 bits per heavy atom. The number of ether oxygens (including phenoxy) is 3. The number of pyridine rings is 1. The minimum Gasteiger partial charge on any atom is -0.618 e. The van der Waals surface area contributed by atoms with E-state index < -0.39 is 29.3 Å². The zero-order valence-electron chi connectivity index (χ0n) is 19.6. The fraction of sp³-hybridized carbons (Fsp3) is 0.542. The van der Waals surface area contributed by atoms with Crippen LogP contribution in [0.4, 0.5) is 4.79 Å². The smallest absolute Gasteiger partial charge is 0.411 e. The minimum absolute atomic E-state index is 0.131. The van der Waals surface area contributed by atoms with Crippen molar-refractivity contribution in [3.05, 3.63) is 40.2 Å². The van der Waals surface area contributed by atoms with Crippen LogP contribution in [-0.2, 0) is 27.3 Å². The lowest BCUT2D eigenvalue weighted by atomic mass is 9.87. The number of fused-ring (bicyclic) bond motifs is 3. The van der Waals surface area contributed by atoms with Crippen LogP contribution in [0.25, 0.3) is 10.9 Å². The predicted molar refractivity (Wildman–Crippen MR) is 119 cm³/mol. The number of amides is 1. The van der Waals surface area contributed by atoms with Gasteiger partial charge in [-0.3, -0.25) is 4.90 Å². The number of carbonyl (C=O) groups is 2. The van der Waals surface area contributed by atoms with Crippen molar-refractivity contribution >= 4 is 23.0 Å². The number of hydrogen-bond donors (Lipinski definition) is 1. The molecule has 1 aromatic carbocycles. The summed E-state index contributed by atoms with van der Waals surface area (Å²) in [6.45, 7) is 7.00. The van der Waals surface area contributed by atoms with Crippen LogP contribution in [0.2, 0.25) is 0 Å². The van der Waals surface area contributed by atoms with Gasteiger partial charge in [-0.1, -0.05) is 6.07 Å². The Hall–Kier alpha value is -3.07. The van der Waals surface area contributed by atoms with Crippen molar-refractivity contribution in [3.8, 4) is 5.75 Å². The Bertz CT molecular complexity index is 1120. The molecule has 178 valence electrons. The molecular weight excluding hydrogens is 428 g/mol. The SMILES string of the molecule is COC(=O)[C@@H]1CC2(CCc3c(c(C)[n+]([O-])c4ccc(CO)cc34)O2)CN1C(=O)OC(C)(C)C. The van der Waals surface area contributed by atoms with Crippen molar-refractivity contribution < 1.29 is 33.6 Å². The third kappa shape index (κ3) is 4.06. The molecular formula is C24H30N2O7. The number of aryl methyl sites for hydroxylation is 1. The number of aliphatic hydroxyl groups is 1. The molecule has 1 unspecified atom stereocenters. The van der Waals surface area contributed by atoms with E-state index in [9.17, 15) is 19.9 Å². The molecule has 1 amide bonds. The Kier molecular flexibility index (Phi) is 5.64. The van der Waals surface area contributed by atoms with E-state index in [0.29, 0.717) is 35.4 Å². The van der Waals surface area contributed by atoms with Crippen LogP contribution in [0.1, 0.15) is 50.4 Å². The molecule has 0 saturated carbocycles. The number of nitrogens with zero attached hydrogens (tertiary/aromatic N) is 2. The first-order valence-corrected chi connectivity index (χ1v) is 11.0. The van der Waals surface area contributed by atoms with E-state index in [-0.39, 0.29) is 19.6 Å². The zero-order valence-corrected chi connectivity index (χ0v) is 19.6. The lowest BCUT2D eigenvalue weighted by Crippen LogP contribution is -2.46. The lowest BCUT2D eigenvalue weighted by Gasteiger charge is -2.36. The third-order valence-corrected chi connectivity index (χ3v) is 6.35. The van der Waals surface area contributed by atoms with Gasteiger partial charge in [-0.05, 0) is 45.2 Å². The molecule has 9 nitrogen and oxygen atoms in total. The summed E-state index contributed by atoms with van der Waals surface area (Å²) in [5.74, 6) is -0.0673. The second kappa shape index (κ2) is 8.06. The highest BCUT2D eigenvalue weighted by Crippen LogP contribution is 2.44. The van der Waals surface area contributed by atoms with E-state index in [4.69, 9.17) is 14.2 Å². The molecule has 4 rings (SSSR count). The third-order valence-electron chi connectivity index (χ3n) is 6.35. The van der Waals surface area contributed by atoms with Gasteiger partial charge in [0.25, 0.3) is 0 Å². The number of rotatable bonds is 2. The first-order chi connectivity index (χ1) is 15.5. The molecule has 1 fully saturated rings. The maximum absolute atomic E-state index is 13.0. The summed E-state index contributed by atoms with van der Waals surface area (Å²) in [7, 11) is 1.28. The molecule has 2 aliphatic rings. The molecule has 1 N–H and O–H groups in total. The zero-order chi connectivity index (χ0) is 24.1. The number of hydrogen-bond acceptors (Lipinski definition) is 7. The second-order valence-corrected chi connectivity index (χ2v) is 9.83. The molecule has 9 heteroatoms. The summed E-state index contributed by atoms with van der Waals surface area (Å²) in [5, 5.41) is 23.3. The van der Waals surface area contributed by atoms with Gasteiger partial charge < -0.3 is 24.5 Å². The average molecular weight is 459 g/mol. The van der Waals surface area contributed by atoms with Gasteiger partial charge in [0, 0.05) is 25.0 Å². The van der Waals surface area contributed by atoms with Crippen LogP contribution in [0.5, 0.6) is 5.75 Å². The van der Waals surface area contributed by atoms with Crippen molar-refractivity contribution in [1.29, 1.82) is 0 Å². The lowest BCUT2D eigenvalue weighted by molar-refractivity contribution is -0.584. The number of methoxy groups -OCH3 is 1. The summed E-state index contributed by atoms with van der Waals surface area (Å²) in [4.78, 5) is 26.8. The molecule has 2 aromatic rings. The van der Waals surface area contributed by atoms with E-state index in [1.807, 2.05) is 6.07 Å². The topological polar surface area (TPSA) is 112 Å². The van der Waals surface area contributed by atoms with Crippen LogP contribution >= 0.6 is 0 Å². The monoisotopic (exact) mass is 458 g/mol. The number of benzene rings is 1. The molecule has 1 saturated heterocycles. The van der Waals surface area contributed by atoms with Gasteiger partial charge in [0.2, 0.25) is 11.2 Å². The van der Waals surface area contributed by atoms with Gasteiger partial charge in [-0.15, -0.1) is 0 Å². The minimum atomic E-state index is -0.844. The summed E-state index contributed by atoms with van der Waals surface area (Å²) < 4.78 is 17.8. The van der Waals surface area contributed by atoms with Crippen molar-refractivity contribution in [2.45, 2.75) is 70.8 Å². The van der Waals surface area contributed by atoms with Crippen molar-refractivity contribution in [3.63, 3.8) is 0 Å². The Labute approximate surface area is 192 Å². The fourth-order valence-corrected chi connectivity index (χ4v) is 4.78. The van der Waals surface area contributed by atoms with Gasteiger partial charge in [0.05, 0.1) is 25.6 Å². The van der Waals surface area contributed by atoms with Crippen LogP contribution < -0.4 is 9.47 Å². The maximum Gasteiger partial charge on any atom is 0.411 e. The normalized spacial score (nSPS) is 22.2. The molecule has 33 heavy (non-hydrogen) atoms. The van der Waals surface area contributed by atoms with Crippen molar-refractivity contribution in [2.24, 2.45) is 0 Å². The standard InChI is InChI=1S/C24H30N2O7/c1-14-20-16(17-10-15(12-27)6-7-18(17)26(14)30)8-9-24(32-20)11-19(21(28)31-5)25(13-24)22(29)33-23(2,3)4/h6-7,10,19,27H,8-9,11-13H2,1-5H3/t19-,24?/m0/s1. The number of aliphatic hydroxyl groups excluding tert-OH is 1. The van der Waals surface area contributed by atoms with E-state index in [1.54, 1.807) is 39.8 Å². The first kappa shape index (κ1) is 23.1. The highest BCUT2D eigenvalue weighted by atomic mass is 16.6. The van der Waals surface area contributed by atoms with Crippen molar-refractivity contribution in [2.75, 3.05) is 13.7 Å². The molecule has 3 heterocycles. The van der Waals surface area contributed by atoms with Crippen molar-refractivity contribution in [1.82, 2.24) is 4.90 Å². The molecule has 2 aliphatic heterocycles. The van der Waals surface area contributed by atoms with E-state index in [1.165, 1.54) is 12.0 Å². The predicted octanol–water partition coefficient (Wildman–Crippen LogP) is 2.52. The average Bonchev–Trinajstić information content (AvgIpc) is 3.14. The number of likely N-dealkylation sites (tertiary alicyclic amines) is 1. The number of carbonyl (C=O) groups excluding carboxylic acids is 2. The fourth-order valence-electron chi connectivity index (χ4n) is 4.78. The molecule has 0 radical (unpaired) electrons. The van der Waals surface area contributed by atoms with Crippen LogP contribution in [0.15, 0.2) is 18.2 Å². The Morgan fingerprint density at radius 1 is 1.36 bits per heavy atom. The highest BCUT2D eigenvalue weighted by Gasteiger charge is 2.54. The van der Waals surface area contributed by atoms with Gasteiger partial charge in [-0.25, -0.2) is 9.59 Å². The summed E-state index contributed by atoms with van der Waals surface area (Å²) in [5.41, 5.74) is 0.956. The van der Waals surface area contributed by atoms with Gasteiger partial charge in [0.1, 0.15) is 17.2 Å². The summed E-state index contributed by atoms with van der Waals surface area (Å²) >= 11 is 0. The first-order valence-electron chi connectivity index (χ1n) is 11.0. The van der Waals surface area contributed by atoms with E-state index >= 15 is 0 Å². The van der Waals surface area contributed by atoms with E-state index in [2.05, 4.69) is 0 Å². The molecule has 1 aromatic heterocycles. The number of esters is 1. The summed E-state index contributed by atoms with van der Waals surface area (Å²) in [6, 6.07) is 4.40. The van der Waals surface area contributed by atoms with Crippen LogP contribution in [0, 0.1) is 12.1 Å². The largest absolute Gasteiger partial charge is 0.618 e. The molecule has 0 aliphatic carbocycles. The molecule has 0 bridgehead atoms. The van der Waals surface area contributed by atoms with E-state index in [0.717, 1.165) is 15.7 Å². The van der Waals surface area contributed by atoms with Gasteiger partial charge in [0.15, 0.2) is 5.75 Å². The molecule has 1 spiro atoms. The number of aromatic nitrogens is 1. The summed E-state index contributed by atoms with van der Waals surface area (Å²) in [6.07, 6.45) is 0.781.